The Kier molecular flexibility index (Phi) is 5.27. The van der Waals surface area contributed by atoms with E-state index < -0.39 is 0 Å². The molecule has 0 saturated heterocycles. The van der Waals surface area contributed by atoms with Crippen molar-refractivity contribution in [3.8, 4) is 11.5 Å². The van der Waals surface area contributed by atoms with Gasteiger partial charge in [0.15, 0.2) is 0 Å². The first-order valence-electron chi connectivity index (χ1n) is 10.7. The molecule has 2 aromatic rings. The molecular formula is C27H32O3. The average molecular weight is 405 g/mol. The van der Waals surface area contributed by atoms with Crippen molar-refractivity contribution in [2.75, 3.05) is 14.2 Å². The Morgan fingerprint density at radius 2 is 1.53 bits per heavy atom. The van der Waals surface area contributed by atoms with E-state index in [2.05, 4.69) is 71.9 Å². The van der Waals surface area contributed by atoms with E-state index in [9.17, 15) is 0 Å². The summed E-state index contributed by atoms with van der Waals surface area (Å²) >= 11 is 0. The van der Waals surface area contributed by atoms with Crippen molar-refractivity contribution >= 4 is 0 Å². The smallest absolute Gasteiger partial charge is 0.135 e. The Labute approximate surface area is 180 Å². The SMILES string of the molecule is COc1c(C)c(C)c2c(c1C)C(c1ccccc1)C1=C(O2)C(C)=C(C)C(OC)C1C. The Morgan fingerprint density at radius 1 is 0.867 bits per heavy atom. The third kappa shape index (κ3) is 2.83. The molecule has 1 heterocycles. The zero-order valence-corrected chi connectivity index (χ0v) is 19.3. The number of allylic oxidation sites excluding steroid dienone is 1. The topological polar surface area (TPSA) is 27.7 Å². The van der Waals surface area contributed by atoms with Gasteiger partial charge in [-0.05, 0) is 73.6 Å². The van der Waals surface area contributed by atoms with Crippen molar-refractivity contribution < 1.29 is 14.2 Å². The highest BCUT2D eigenvalue weighted by Crippen LogP contribution is 2.55. The normalized spacial score (nSPS) is 23.1. The predicted octanol–water partition coefficient (Wildman–Crippen LogP) is 6.40. The minimum atomic E-state index is 0.0499. The fraction of sp³-hybridized carbons (Fsp3) is 0.407. The molecule has 1 aliphatic heterocycles. The van der Waals surface area contributed by atoms with Crippen molar-refractivity contribution in [3.63, 3.8) is 0 Å². The molecule has 0 spiro atoms. The Morgan fingerprint density at radius 3 is 2.13 bits per heavy atom. The van der Waals surface area contributed by atoms with Gasteiger partial charge in [-0.15, -0.1) is 0 Å². The zero-order valence-electron chi connectivity index (χ0n) is 19.3. The third-order valence-electron chi connectivity index (χ3n) is 7.19. The molecule has 3 nitrogen and oxygen atoms in total. The quantitative estimate of drug-likeness (QED) is 0.592. The van der Waals surface area contributed by atoms with Crippen molar-refractivity contribution in [3.05, 3.63) is 80.6 Å². The summed E-state index contributed by atoms with van der Waals surface area (Å²) in [6, 6.07) is 10.8. The monoisotopic (exact) mass is 404 g/mol. The molecule has 0 amide bonds. The number of hydrogen-bond donors (Lipinski definition) is 0. The van der Waals surface area contributed by atoms with Crippen LogP contribution in [0.25, 0.3) is 0 Å². The molecule has 30 heavy (non-hydrogen) atoms. The highest BCUT2D eigenvalue weighted by Gasteiger charge is 2.43. The van der Waals surface area contributed by atoms with Crippen molar-refractivity contribution in [1.82, 2.24) is 0 Å². The van der Waals surface area contributed by atoms with Gasteiger partial charge in [-0.3, -0.25) is 0 Å². The number of rotatable bonds is 3. The molecule has 0 N–H and O–H groups in total. The lowest BCUT2D eigenvalue weighted by atomic mass is 9.69. The van der Waals surface area contributed by atoms with E-state index in [-0.39, 0.29) is 17.9 Å². The average Bonchev–Trinajstić information content (AvgIpc) is 2.76. The van der Waals surface area contributed by atoms with Gasteiger partial charge in [-0.2, -0.15) is 0 Å². The van der Waals surface area contributed by atoms with Gasteiger partial charge in [-0.1, -0.05) is 37.3 Å². The molecule has 2 aliphatic rings. The van der Waals surface area contributed by atoms with Gasteiger partial charge in [0.1, 0.15) is 17.3 Å². The Balaban J connectivity index is 2.09. The molecule has 158 valence electrons. The van der Waals surface area contributed by atoms with E-state index in [0.29, 0.717) is 0 Å². The van der Waals surface area contributed by atoms with Gasteiger partial charge in [0, 0.05) is 24.5 Å². The van der Waals surface area contributed by atoms with Crippen LogP contribution in [0.3, 0.4) is 0 Å². The number of hydrogen-bond acceptors (Lipinski definition) is 3. The minimum absolute atomic E-state index is 0.0499. The lowest BCUT2D eigenvalue weighted by Gasteiger charge is -2.42. The van der Waals surface area contributed by atoms with E-state index in [1.165, 1.54) is 27.8 Å². The highest BCUT2D eigenvalue weighted by molar-refractivity contribution is 5.67. The molecule has 4 rings (SSSR count). The fourth-order valence-electron chi connectivity index (χ4n) is 5.42. The maximum absolute atomic E-state index is 6.74. The second-order valence-corrected chi connectivity index (χ2v) is 8.63. The van der Waals surface area contributed by atoms with Gasteiger partial charge in [0.2, 0.25) is 0 Å². The van der Waals surface area contributed by atoms with Crippen LogP contribution in [-0.4, -0.2) is 20.3 Å². The molecule has 0 bridgehead atoms. The molecule has 0 fully saturated rings. The van der Waals surface area contributed by atoms with Crippen LogP contribution in [-0.2, 0) is 4.74 Å². The third-order valence-corrected chi connectivity index (χ3v) is 7.19. The maximum Gasteiger partial charge on any atom is 0.135 e. The first kappa shape index (κ1) is 20.7. The number of benzene rings is 2. The van der Waals surface area contributed by atoms with Crippen LogP contribution in [0.2, 0.25) is 0 Å². The Hall–Kier alpha value is -2.52. The summed E-state index contributed by atoms with van der Waals surface area (Å²) in [5, 5.41) is 0. The van der Waals surface area contributed by atoms with Gasteiger partial charge in [0.05, 0.1) is 13.2 Å². The molecule has 2 aromatic carbocycles. The van der Waals surface area contributed by atoms with E-state index in [1.54, 1.807) is 14.2 Å². The summed E-state index contributed by atoms with van der Waals surface area (Å²) in [5.41, 5.74) is 9.67. The van der Waals surface area contributed by atoms with Crippen LogP contribution in [0, 0.1) is 26.7 Å². The van der Waals surface area contributed by atoms with E-state index in [4.69, 9.17) is 14.2 Å². The van der Waals surface area contributed by atoms with Crippen molar-refractivity contribution in [2.24, 2.45) is 5.92 Å². The van der Waals surface area contributed by atoms with Gasteiger partial charge in [-0.25, -0.2) is 0 Å². The van der Waals surface area contributed by atoms with Gasteiger partial charge in [0.25, 0.3) is 0 Å². The Bertz CT molecular complexity index is 1060. The van der Waals surface area contributed by atoms with Gasteiger partial charge < -0.3 is 14.2 Å². The number of fused-ring (bicyclic) bond motifs is 1. The van der Waals surface area contributed by atoms with Crippen molar-refractivity contribution in [1.29, 1.82) is 0 Å². The summed E-state index contributed by atoms with van der Waals surface area (Å²) < 4.78 is 18.5. The molecular weight excluding hydrogens is 372 g/mol. The van der Waals surface area contributed by atoms with Crippen LogP contribution in [0.15, 0.2) is 52.8 Å². The molecule has 1 aliphatic carbocycles. The summed E-state index contributed by atoms with van der Waals surface area (Å²) in [6.07, 6.45) is 0.0499. The maximum atomic E-state index is 6.74. The summed E-state index contributed by atoms with van der Waals surface area (Å²) in [5.74, 6) is 3.26. The van der Waals surface area contributed by atoms with E-state index in [0.717, 1.165) is 33.9 Å². The number of ether oxygens (including phenoxy) is 3. The lowest BCUT2D eigenvalue weighted by molar-refractivity contribution is 0.0911. The first-order valence-corrected chi connectivity index (χ1v) is 10.7. The van der Waals surface area contributed by atoms with Crippen molar-refractivity contribution in [2.45, 2.75) is 53.6 Å². The highest BCUT2D eigenvalue weighted by atomic mass is 16.5. The molecule has 3 atom stereocenters. The lowest BCUT2D eigenvalue weighted by Crippen LogP contribution is -2.35. The van der Waals surface area contributed by atoms with Crippen LogP contribution in [0.5, 0.6) is 11.5 Å². The fourth-order valence-corrected chi connectivity index (χ4v) is 5.42. The van der Waals surface area contributed by atoms with Crippen LogP contribution in [0.1, 0.15) is 54.5 Å². The van der Waals surface area contributed by atoms with Crippen LogP contribution in [0.4, 0.5) is 0 Å². The molecule has 0 aromatic heterocycles. The van der Waals surface area contributed by atoms with Gasteiger partial charge >= 0.3 is 0 Å². The molecule has 3 heteroatoms. The summed E-state index contributed by atoms with van der Waals surface area (Å²) in [7, 11) is 3.56. The largest absolute Gasteiger partial charge is 0.496 e. The minimum Gasteiger partial charge on any atom is -0.496 e. The molecule has 3 unspecified atom stereocenters. The molecule has 0 radical (unpaired) electrons. The second-order valence-electron chi connectivity index (χ2n) is 8.63. The standard InChI is InChI=1S/C27H32O3/c1-14-16(3)26-21(18(5)24(14)28-7)23(20-12-10-9-11-13-20)22-19(6)25(29-8)15(2)17(4)27(22)30-26/h9-13,18,23-24H,1-8H3. The van der Waals surface area contributed by atoms with E-state index >= 15 is 0 Å². The first-order chi connectivity index (χ1) is 14.3. The number of methoxy groups -OCH3 is 2. The van der Waals surface area contributed by atoms with Crippen LogP contribution < -0.4 is 9.47 Å². The zero-order chi connectivity index (χ0) is 21.7. The van der Waals surface area contributed by atoms with E-state index in [1.807, 2.05) is 0 Å². The van der Waals surface area contributed by atoms with Crippen LogP contribution >= 0.6 is 0 Å². The predicted molar refractivity (Wildman–Crippen MR) is 121 cm³/mol. The molecule has 0 saturated carbocycles. The summed E-state index contributed by atoms with van der Waals surface area (Å²) in [6.45, 7) is 13.0. The summed E-state index contributed by atoms with van der Waals surface area (Å²) in [4.78, 5) is 0. The second kappa shape index (κ2) is 7.63.